The number of nitrogens with zero attached hydrogens (tertiary/aromatic N) is 7. The molecule has 0 aromatic carbocycles. The summed E-state index contributed by atoms with van der Waals surface area (Å²) in [5, 5.41) is 4.12. The zero-order valence-corrected chi connectivity index (χ0v) is 15.9. The van der Waals surface area contributed by atoms with Crippen LogP contribution in [0.4, 0.5) is 4.39 Å². The fraction of sp³-hybridized carbons (Fsp3) is 0.368. The van der Waals surface area contributed by atoms with Crippen LogP contribution in [0.2, 0.25) is 0 Å². The van der Waals surface area contributed by atoms with Crippen molar-refractivity contribution in [3.63, 3.8) is 0 Å². The van der Waals surface area contributed by atoms with Gasteiger partial charge in [0.05, 0.1) is 18.8 Å². The van der Waals surface area contributed by atoms with E-state index in [1.807, 2.05) is 21.8 Å². The van der Waals surface area contributed by atoms with Crippen molar-refractivity contribution in [2.75, 3.05) is 20.3 Å². The average molecular weight is 383 g/mol. The minimum Gasteiger partial charge on any atom is -0.381 e. The number of imidazole rings is 1. The molecule has 0 amide bonds. The summed E-state index contributed by atoms with van der Waals surface area (Å²) in [5.41, 5.74) is 1.32. The summed E-state index contributed by atoms with van der Waals surface area (Å²) in [5.74, 6) is 0.903. The van der Waals surface area contributed by atoms with Crippen LogP contribution in [0.25, 0.3) is 11.5 Å². The van der Waals surface area contributed by atoms with Crippen molar-refractivity contribution in [2.45, 2.75) is 26.1 Å². The molecule has 2 aromatic rings. The Bertz CT molecular complexity index is 936. The largest absolute Gasteiger partial charge is 0.381 e. The van der Waals surface area contributed by atoms with Crippen LogP contribution in [0, 0.1) is 5.95 Å². The maximum Gasteiger partial charge on any atom is 0.213 e. The van der Waals surface area contributed by atoms with Gasteiger partial charge in [-0.25, -0.2) is 25.0 Å². The van der Waals surface area contributed by atoms with Crippen molar-refractivity contribution in [3.05, 3.63) is 48.3 Å². The molecule has 0 bridgehead atoms. The number of hydrogen-bond acceptors (Lipinski definition) is 7. The molecule has 0 radical (unpaired) electrons. The first-order valence-electron chi connectivity index (χ1n) is 9.21. The number of aliphatic imine (C=N–C) groups is 2. The number of fused-ring (bicyclic) bond motifs is 1. The van der Waals surface area contributed by atoms with E-state index in [2.05, 4.69) is 26.9 Å². The van der Waals surface area contributed by atoms with Crippen LogP contribution in [0.5, 0.6) is 0 Å². The molecule has 4 heterocycles. The SMILES string of the molecule is CCCN1C(COC)N=C2C=C(Cn3ccnc3-c3cccc(F)n3)N=CN21. The number of ether oxygens (including phenoxy) is 1. The quantitative estimate of drug-likeness (QED) is 0.687. The molecule has 0 fully saturated rings. The molecule has 1 unspecified atom stereocenters. The van der Waals surface area contributed by atoms with Gasteiger partial charge in [0.2, 0.25) is 5.95 Å². The predicted octanol–water partition coefficient (Wildman–Crippen LogP) is 2.32. The van der Waals surface area contributed by atoms with Crippen molar-refractivity contribution < 1.29 is 9.13 Å². The lowest BCUT2D eigenvalue weighted by atomic mass is 10.3. The van der Waals surface area contributed by atoms with Crippen LogP contribution >= 0.6 is 0 Å². The molecule has 0 spiro atoms. The molecule has 0 saturated heterocycles. The number of aromatic nitrogens is 3. The standard InChI is InChI=1S/C19H22FN7O/c1-3-8-26-18(12-28-2)24-17-10-14(22-13-27(17)26)11-25-9-7-21-19(25)15-5-4-6-16(20)23-15/h4-7,9-10,13,18H,3,8,11-12H2,1-2H3. The van der Waals surface area contributed by atoms with Crippen molar-refractivity contribution in [1.29, 1.82) is 0 Å². The van der Waals surface area contributed by atoms with Gasteiger partial charge in [0.1, 0.15) is 24.0 Å². The number of halogens is 1. The van der Waals surface area contributed by atoms with Crippen LogP contribution in [-0.4, -0.2) is 63.2 Å². The number of allylic oxidation sites excluding steroid dienone is 1. The number of rotatable bonds is 7. The first kappa shape index (κ1) is 18.5. The van der Waals surface area contributed by atoms with E-state index in [0.29, 0.717) is 24.7 Å². The summed E-state index contributed by atoms with van der Waals surface area (Å²) in [6.07, 6.45) is 8.20. The Kier molecular flexibility index (Phi) is 5.27. The molecule has 9 heteroatoms. The smallest absolute Gasteiger partial charge is 0.213 e. The third kappa shape index (κ3) is 3.58. The molecule has 2 aliphatic rings. The molecule has 8 nitrogen and oxygen atoms in total. The summed E-state index contributed by atoms with van der Waals surface area (Å²) in [6, 6.07) is 4.68. The minimum absolute atomic E-state index is 0.0534. The van der Waals surface area contributed by atoms with Gasteiger partial charge < -0.3 is 9.30 Å². The lowest BCUT2D eigenvalue weighted by Gasteiger charge is -2.30. The normalized spacial score (nSPS) is 19.0. The second-order valence-corrected chi connectivity index (χ2v) is 6.54. The van der Waals surface area contributed by atoms with Gasteiger partial charge in [-0.15, -0.1) is 0 Å². The Morgan fingerprint density at radius 1 is 1.29 bits per heavy atom. The highest BCUT2D eigenvalue weighted by Crippen LogP contribution is 2.23. The maximum atomic E-state index is 13.5. The van der Waals surface area contributed by atoms with Crippen molar-refractivity contribution in [3.8, 4) is 11.5 Å². The van der Waals surface area contributed by atoms with Crippen molar-refractivity contribution in [1.82, 2.24) is 24.6 Å². The lowest BCUT2D eigenvalue weighted by molar-refractivity contribution is 0.0369. The van der Waals surface area contributed by atoms with Crippen LogP contribution in [0.15, 0.2) is 52.4 Å². The summed E-state index contributed by atoms with van der Waals surface area (Å²) >= 11 is 0. The molecule has 0 saturated carbocycles. The number of hydrazine groups is 1. The van der Waals surface area contributed by atoms with E-state index in [1.54, 1.807) is 31.8 Å². The predicted molar refractivity (Wildman–Crippen MR) is 104 cm³/mol. The van der Waals surface area contributed by atoms with Gasteiger partial charge in [-0.2, -0.15) is 9.40 Å². The molecule has 0 aliphatic carbocycles. The monoisotopic (exact) mass is 383 g/mol. The molecule has 4 rings (SSSR count). The average Bonchev–Trinajstić information content (AvgIpc) is 3.27. The molecular formula is C19H22FN7O. The minimum atomic E-state index is -0.530. The Labute approximate surface area is 162 Å². The lowest BCUT2D eigenvalue weighted by Crippen LogP contribution is -2.46. The van der Waals surface area contributed by atoms with E-state index in [4.69, 9.17) is 9.73 Å². The highest BCUT2D eigenvalue weighted by atomic mass is 19.1. The number of amidine groups is 1. The Balaban J connectivity index is 1.56. The molecule has 2 aromatic heterocycles. The molecule has 28 heavy (non-hydrogen) atoms. The van der Waals surface area contributed by atoms with E-state index >= 15 is 0 Å². The van der Waals surface area contributed by atoms with Crippen LogP contribution in [-0.2, 0) is 11.3 Å². The van der Waals surface area contributed by atoms with Gasteiger partial charge in [-0.1, -0.05) is 13.0 Å². The van der Waals surface area contributed by atoms with E-state index in [1.165, 1.54) is 6.07 Å². The van der Waals surface area contributed by atoms with E-state index < -0.39 is 5.95 Å². The summed E-state index contributed by atoms with van der Waals surface area (Å²) in [6.45, 7) is 4.01. The van der Waals surface area contributed by atoms with E-state index in [0.717, 1.165) is 24.5 Å². The number of methoxy groups -OCH3 is 1. The van der Waals surface area contributed by atoms with E-state index in [-0.39, 0.29) is 6.17 Å². The molecule has 0 N–H and O–H groups in total. The Morgan fingerprint density at radius 2 is 2.18 bits per heavy atom. The maximum absolute atomic E-state index is 13.5. The number of pyridine rings is 1. The molecule has 146 valence electrons. The molecule has 2 aliphatic heterocycles. The Hall–Kier alpha value is -2.91. The zero-order valence-electron chi connectivity index (χ0n) is 15.9. The van der Waals surface area contributed by atoms with Crippen LogP contribution in [0.3, 0.4) is 0 Å². The van der Waals surface area contributed by atoms with Gasteiger partial charge in [-0.05, 0) is 18.6 Å². The fourth-order valence-corrected chi connectivity index (χ4v) is 3.32. The molecule has 1 atom stereocenters. The highest BCUT2D eigenvalue weighted by Gasteiger charge is 2.33. The first-order valence-corrected chi connectivity index (χ1v) is 9.21. The van der Waals surface area contributed by atoms with Gasteiger partial charge in [-0.3, -0.25) is 0 Å². The zero-order chi connectivity index (χ0) is 19.5. The van der Waals surface area contributed by atoms with Gasteiger partial charge in [0.25, 0.3) is 0 Å². The third-order valence-corrected chi connectivity index (χ3v) is 4.53. The van der Waals surface area contributed by atoms with Crippen molar-refractivity contribution >= 4 is 12.2 Å². The van der Waals surface area contributed by atoms with Crippen LogP contribution in [0.1, 0.15) is 13.3 Å². The highest BCUT2D eigenvalue weighted by molar-refractivity contribution is 6.02. The van der Waals surface area contributed by atoms with Gasteiger partial charge >= 0.3 is 0 Å². The van der Waals surface area contributed by atoms with Gasteiger partial charge in [0.15, 0.2) is 5.82 Å². The topological polar surface area (TPSA) is 71.1 Å². The number of hydrogen-bond donors (Lipinski definition) is 0. The second kappa shape index (κ2) is 7.99. The summed E-state index contributed by atoms with van der Waals surface area (Å²) < 4.78 is 20.7. The second-order valence-electron chi connectivity index (χ2n) is 6.54. The van der Waals surface area contributed by atoms with Gasteiger partial charge in [0, 0.05) is 32.1 Å². The Morgan fingerprint density at radius 3 is 2.96 bits per heavy atom. The molecular weight excluding hydrogens is 361 g/mol. The van der Waals surface area contributed by atoms with Crippen LogP contribution < -0.4 is 0 Å². The van der Waals surface area contributed by atoms with E-state index in [9.17, 15) is 4.39 Å². The summed E-state index contributed by atoms with van der Waals surface area (Å²) in [4.78, 5) is 17.6. The summed E-state index contributed by atoms with van der Waals surface area (Å²) in [7, 11) is 1.68. The first-order chi connectivity index (χ1) is 13.7. The third-order valence-electron chi connectivity index (χ3n) is 4.53. The van der Waals surface area contributed by atoms with Crippen molar-refractivity contribution in [2.24, 2.45) is 9.98 Å². The fourth-order valence-electron chi connectivity index (χ4n) is 3.32.